The molecule has 2 amide bonds. The second-order valence-corrected chi connectivity index (χ2v) is 6.72. The molecule has 0 aromatic carbocycles. The van der Waals surface area contributed by atoms with Gasteiger partial charge in [-0.1, -0.05) is 11.3 Å². The summed E-state index contributed by atoms with van der Waals surface area (Å²) in [5.41, 5.74) is 0.194. The molecule has 29 heavy (non-hydrogen) atoms. The first-order chi connectivity index (χ1) is 13.9. The minimum absolute atomic E-state index is 0.0312. The summed E-state index contributed by atoms with van der Waals surface area (Å²) in [6.45, 7) is 0.581. The van der Waals surface area contributed by atoms with Crippen LogP contribution in [0.1, 0.15) is 27.1 Å². The van der Waals surface area contributed by atoms with Gasteiger partial charge in [-0.3, -0.25) is 19.7 Å². The van der Waals surface area contributed by atoms with Crippen LogP contribution in [0, 0.1) is 10.1 Å². The lowest BCUT2D eigenvalue weighted by Crippen LogP contribution is -2.45. The quantitative estimate of drug-likeness (QED) is 0.511. The number of aromatic nitrogens is 1. The van der Waals surface area contributed by atoms with Crippen molar-refractivity contribution in [1.82, 2.24) is 15.0 Å². The number of methoxy groups -OCH3 is 3. The molecule has 3 rings (SSSR count). The number of nitrogens with zero attached hydrogens (tertiary/aromatic N) is 4. The van der Waals surface area contributed by atoms with E-state index in [9.17, 15) is 19.7 Å². The highest BCUT2D eigenvalue weighted by Crippen LogP contribution is 2.38. The van der Waals surface area contributed by atoms with Gasteiger partial charge in [0, 0.05) is 24.5 Å². The van der Waals surface area contributed by atoms with Crippen molar-refractivity contribution in [3.8, 4) is 17.5 Å². The van der Waals surface area contributed by atoms with E-state index < -0.39 is 16.7 Å². The zero-order valence-corrected chi connectivity index (χ0v) is 16.7. The van der Waals surface area contributed by atoms with Crippen molar-refractivity contribution in [3.63, 3.8) is 0 Å². The van der Waals surface area contributed by atoms with Gasteiger partial charge in [-0.25, -0.2) is 10.0 Å². The maximum Gasteiger partial charge on any atom is 0.366 e. The van der Waals surface area contributed by atoms with Crippen LogP contribution in [0.5, 0.6) is 17.5 Å². The Morgan fingerprint density at radius 3 is 2.28 bits per heavy atom. The third kappa shape index (κ3) is 3.66. The fraction of sp³-hybridized carbons (Fsp3) is 0.353. The largest absolute Gasteiger partial charge is 0.489 e. The van der Waals surface area contributed by atoms with Crippen molar-refractivity contribution in [1.29, 1.82) is 0 Å². The van der Waals surface area contributed by atoms with E-state index in [1.54, 1.807) is 0 Å². The van der Waals surface area contributed by atoms with Crippen LogP contribution in [0.25, 0.3) is 0 Å². The Labute approximate surface area is 169 Å². The molecule has 0 radical (unpaired) electrons. The number of ether oxygens (including phenoxy) is 3. The number of rotatable bonds is 6. The molecule has 2 aromatic heterocycles. The van der Waals surface area contributed by atoms with Gasteiger partial charge < -0.3 is 14.2 Å². The Kier molecular flexibility index (Phi) is 5.82. The average Bonchev–Trinajstić information content (AvgIpc) is 3.39. The van der Waals surface area contributed by atoms with Crippen LogP contribution in [0.4, 0.5) is 5.00 Å². The second kappa shape index (κ2) is 8.31. The maximum atomic E-state index is 13.1. The molecule has 0 N–H and O–H groups in total. The van der Waals surface area contributed by atoms with Gasteiger partial charge in [0.05, 0.1) is 26.3 Å². The highest BCUT2D eigenvalue weighted by Gasteiger charge is 2.37. The zero-order valence-electron chi connectivity index (χ0n) is 15.9. The SMILES string of the molecule is COc1ccc(C(=O)N2CCCN2C(=O)c2csc([N+](=O)[O-])c2OC)c(OC)n1. The molecule has 1 saturated heterocycles. The lowest BCUT2D eigenvalue weighted by molar-refractivity contribution is -0.381. The Balaban J connectivity index is 1.92. The first-order valence-corrected chi connectivity index (χ1v) is 9.33. The van der Waals surface area contributed by atoms with Gasteiger partial charge in [0.1, 0.15) is 11.1 Å². The average molecular weight is 422 g/mol. The van der Waals surface area contributed by atoms with Crippen molar-refractivity contribution >= 4 is 28.2 Å². The second-order valence-electron chi connectivity index (χ2n) is 5.87. The fourth-order valence-electron chi connectivity index (χ4n) is 2.98. The third-order valence-electron chi connectivity index (χ3n) is 4.30. The Bertz CT molecular complexity index is 961. The first-order valence-electron chi connectivity index (χ1n) is 8.45. The van der Waals surface area contributed by atoms with E-state index in [4.69, 9.17) is 14.2 Å². The van der Waals surface area contributed by atoms with Gasteiger partial charge in [-0.2, -0.15) is 4.98 Å². The normalized spacial score (nSPS) is 13.3. The van der Waals surface area contributed by atoms with E-state index in [1.165, 1.54) is 48.9 Å². The molecule has 0 bridgehead atoms. The van der Waals surface area contributed by atoms with Gasteiger partial charge in [-0.15, -0.1) is 0 Å². The van der Waals surface area contributed by atoms with Gasteiger partial charge >= 0.3 is 5.00 Å². The monoisotopic (exact) mass is 422 g/mol. The highest BCUT2D eigenvalue weighted by molar-refractivity contribution is 7.14. The number of carbonyl (C=O) groups is 2. The third-order valence-corrected chi connectivity index (χ3v) is 5.21. The molecular formula is C17H18N4O7S. The lowest BCUT2D eigenvalue weighted by atomic mass is 10.2. The van der Waals surface area contributed by atoms with E-state index in [0.29, 0.717) is 13.0 Å². The first kappa shape index (κ1) is 20.3. The Morgan fingerprint density at radius 1 is 1.07 bits per heavy atom. The van der Waals surface area contributed by atoms with Gasteiger partial charge in [0.25, 0.3) is 11.8 Å². The molecule has 1 aliphatic rings. The molecule has 0 unspecified atom stereocenters. The standard InChI is InChI=1S/C17H18N4O7S/c1-26-12-6-5-10(14(18-12)28-3)15(22)19-7-4-8-20(19)16(23)11-9-29-17(21(24)25)13(11)27-2/h5-6,9H,4,7-8H2,1-3H3. The molecule has 1 aliphatic heterocycles. The molecule has 3 heterocycles. The van der Waals surface area contributed by atoms with Crippen LogP contribution in [-0.2, 0) is 0 Å². The molecule has 0 atom stereocenters. The van der Waals surface area contributed by atoms with Crippen molar-refractivity contribution in [2.45, 2.75) is 6.42 Å². The Morgan fingerprint density at radius 2 is 1.72 bits per heavy atom. The number of nitro groups is 1. The summed E-state index contributed by atoms with van der Waals surface area (Å²) in [5, 5.41) is 14.7. The molecule has 0 aliphatic carbocycles. The minimum atomic E-state index is -0.610. The van der Waals surface area contributed by atoms with E-state index in [1.807, 2.05) is 0 Å². The summed E-state index contributed by atoms with van der Waals surface area (Å²) >= 11 is 0.793. The van der Waals surface area contributed by atoms with Crippen molar-refractivity contribution in [2.24, 2.45) is 0 Å². The van der Waals surface area contributed by atoms with Crippen LogP contribution in [0.3, 0.4) is 0 Å². The number of amides is 2. The van der Waals surface area contributed by atoms with E-state index in [2.05, 4.69) is 4.98 Å². The number of carbonyl (C=O) groups excluding carboxylic acids is 2. The van der Waals surface area contributed by atoms with Gasteiger partial charge in [0.2, 0.25) is 17.5 Å². The topological polar surface area (TPSA) is 124 Å². The van der Waals surface area contributed by atoms with Crippen LogP contribution in [0.2, 0.25) is 0 Å². The highest BCUT2D eigenvalue weighted by atomic mass is 32.1. The number of pyridine rings is 1. The Hall–Kier alpha value is -3.41. The molecule has 2 aromatic rings. The van der Waals surface area contributed by atoms with Crippen molar-refractivity contribution < 1.29 is 28.7 Å². The molecule has 154 valence electrons. The van der Waals surface area contributed by atoms with E-state index >= 15 is 0 Å². The molecule has 1 fully saturated rings. The number of hydrazine groups is 1. The number of hydrogen-bond donors (Lipinski definition) is 0. The molecule has 0 saturated carbocycles. The summed E-state index contributed by atoms with van der Waals surface area (Å²) in [4.78, 5) is 40.7. The zero-order chi connectivity index (χ0) is 21.1. The lowest BCUT2D eigenvalue weighted by Gasteiger charge is -2.28. The summed E-state index contributed by atoms with van der Waals surface area (Å²) in [6, 6.07) is 3.02. The molecule has 12 heteroatoms. The van der Waals surface area contributed by atoms with Crippen molar-refractivity contribution in [3.05, 3.63) is 38.8 Å². The number of hydrogen-bond acceptors (Lipinski definition) is 9. The van der Waals surface area contributed by atoms with Crippen molar-refractivity contribution in [2.75, 3.05) is 34.4 Å². The van der Waals surface area contributed by atoms with Gasteiger partial charge in [-0.05, 0) is 12.5 Å². The fourth-order valence-corrected chi connectivity index (χ4v) is 3.80. The molecular weight excluding hydrogens is 404 g/mol. The van der Waals surface area contributed by atoms with Crippen LogP contribution in [-0.4, -0.2) is 66.2 Å². The summed E-state index contributed by atoms with van der Waals surface area (Å²) < 4.78 is 15.3. The van der Waals surface area contributed by atoms with Crippen LogP contribution < -0.4 is 14.2 Å². The van der Waals surface area contributed by atoms with Crippen LogP contribution in [0.15, 0.2) is 17.5 Å². The maximum absolute atomic E-state index is 13.1. The summed E-state index contributed by atoms with van der Waals surface area (Å²) in [7, 11) is 4.07. The van der Waals surface area contributed by atoms with Crippen LogP contribution >= 0.6 is 11.3 Å². The molecule has 11 nitrogen and oxygen atoms in total. The van der Waals surface area contributed by atoms with E-state index in [0.717, 1.165) is 11.3 Å². The summed E-state index contributed by atoms with van der Waals surface area (Å²) in [5.74, 6) is -0.808. The predicted molar refractivity (Wildman–Crippen MR) is 102 cm³/mol. The van der Waals surface area contributed by atoms with Gasteiger partial charge in [0.15, 0.2) is 0 Å². The number of thiophene rings is 1. The smallest absolute Gasteiger partial charge is 0.366 e. The summed E-state index contributed by atoms with van der Waals surface area (Å²) in [6.07, 6.45) is 0.553. The van der Waals surface area contributed by atoms with E-state index in [-0.39, 0.29) is 40.2 Å². The molecule has 0 spiro atoms. The predicted octanol–water partition coefficient (Wildman–Crippen LogP) is 1.98. The minimum Gasteiger partial charge on any atom is -0.489 e.